The molecule has 0 fully saturated rings. The molecule has 2 atom stereocenters. The van der Waals surface area contributed by atoms with Gasteiger partial charge in [0.05, 0.1) is 25.4 Å². The fraction of sp³-hybridized carbons (Fsp3) is 0.873. The second kappa shape index (κ2) is 58.6. The van der Waals surface area contributed by atoms with Crippen molar-refractivity contribution < 1.29 is 24.5 Å². The van der Waals surface area contributed by atoms with Crippen molar-refractivity contribution in [3.63, 3.8) is 0 Å². The van der Waals surface area contributed by atoms with Gasteiger partial charge in [-0.1, -0.05) is 281 Å². The average molecular weight is 971 g/mol. The Morgan fingerprint density at radius 3 is 1.14 bits per heavy atom. The van der Waals surface area contributed by atoms with E-state index in [1.807, 2.05) is 0 Å². The third-order valence-corrected chi connectivity index (χ3v) is 14.2. The van der Waals surface area contributed by atoms with Crippen LogP contribution in [0.5, 0.6) is 0 Å². The lowest BCUT2D eigenvalue weighted by Gasteiger charge is -2.22. The van der Waals surface area contributed by atoms with Crippen LogP contribution in [0, 0.1) is 0 Å². The number of hydrogen-bond donors (Lipinski definition) is 3. The first-order valence-electron chi connectivity index (χ1n) is 30.7. The SMILES string of the molecule is CCCCC/C=C\CCCCCCCC(=O)OCC/C=C\C/C=C\CCCCCCCCCCCCCCCCC(=O)NC(CO)C(O)CCCCCCCCCCCCCCCCCCCCC. The minimum atomic E-state index is -0.669. The number of carbonyl (C=O) groups excluding carboxylic acids is 2. The first kappa shape index (κ1) is 67.1. The summed E-state index contributed by atoms with van der Waals surface area (Å²) in [6.45, 7) is 4.83. The lowest BCUT2D eigenvalue weighted by Crippen LogP contribution is -2.45. The molecule has 0 bridgehead atoms. The molecular weight excluding hydrogens is 851 g/mol. The first-order chi connectivity index (χ1) is 34.0. The Kier molecular flexibility index (Phi) is 57.0. The Bertz CT molecular complexity index is 1120. The molecular formula is C63H119NO5. The summed E-state index contributed by atoms with van der Waals surface area (Å²) in [6, 6.07) is -0.546. The van der Waals surface area contributed by atoms with E-state index in [1.54, 1.807) is 0 Å². The molecule has 0 aromatic carbocycles. The fourth-order valence-corrected chi connectivity index (χ4v) is 9.47. The van der Waals surface area contributed by atoms with Crippen LogP contribution in [0.15, 0.2) is 36.5 Å². The minimum Gasteiger partial charge on any atom is -0.465 e. The van der Waals surface area contributed by atoms with Crippen LogP contribution in [0.4, 0.5) is 0 Å². The molecule has 0 saturated carbocycles. The Hall–Kier alpha value is -1.92. The van der Waals surface area contributed by atoms with Crippen LogP contribution in [0.2, 0.25) is 0 Å². The van der Waals surface area contributed by atoms with Crippen molar-refractivity contribution >= 4 is 11.9 Å². The molecule has 1 amide bonds. The van der Waals surface area contributed by atoms with Crippen LogP contribution in [-0.2, 0) is 14.3 Å². The summed E-state index contributed by atoms with van der Waals surface area (Å²) in [5, 5.41) is 23.3. The van der Waals surface area contributed by atoms with Gasteiger partial charge in [0.1, 0.15) is 0 Å². The Balaban J connectivity index is 3.46. The molecule has 406 valence electrons. The minimum absolute atomic E-state index is 0.0375. The second-order valence-electron chi connectivity index (χ2n) is 21.0. The van der Waals surface area contributed by atoms with E-state index in [0.29, 0.717) is 25.9 Å². The van der Waals surface area contributed by atoms with E-state index in [2.05, 4.69) is 55.6 Å². The molecule has 3 N–H and O–H groups in total. The van der Waals surface area contributed by atoms with Gasteiger partial charge in [0.15, 0.2) is 0 Å². The molecule has 0 aromatic rings. The van der Waals surface area contributed by atoms with E-state index in [1.165, 1.54) is 244 Å². The van der Waals surface area contributed by atoms with Crippen molar-refractivity contribution in [3.8, 4) is 0 Å². The number of amides is 1. The summed E-state index contributed by atoms with van der Waals surface area (Å²) in [6.07, 6.45) is 73.1. The van der Waals surface area contributed by atoms with E-state index < -0.39 is 12.1 Å². The summed E-state index contributed by atoms with van der Waals surface area (Å²) in [5.74, 6) is -0.0826. The van der Waals surface area contributed by atoms with Crippen LogP contribution < -0.4 is 5.32 Å². The largest absolute Gasteiger partial charge is 0.465 e. The molecule has 6 nitrogen and oxygen atoms in total. The van der Waals surface area contributed by atoms with Gasteiger partial charge < -0.3 is 20.3 Å². The first-order valence-corrected chi connectivity index (χ1v) is 30.7. The van der Waals surface area contributed by atoms with Gasteiger partial charge in [0.2, 0.25) is 5.91 Å². The molecule has 0 rings (SSSR count). The summed E-state index contributed by atoms with van der Waals surface area (Å²) in [7, 11) is 0. The molecule has 0 aliphatic rings. The highest BCUT2D eigenvalue weighted by Crippen LogP contribution is 2.18. The zero-order valence-corrected chi connectivity index (χ0v) is 46.3. The fourth-order valence-electron chi connectivity index (χ4n) is 9.47. The van der Waals surface area contributed by atoms with E-state index >= 15 is 0 Å². The van der Waals surface area contributed by atoms with Gasteiger partial charge in [-0.05, 0) is 70.6 Å². The quantitative estimate of drug-likeness (QED) is 0.0321. The summed E-state index contributed by atoms with van der Waals surface area (Å²) >= 11 is 0. The van der Waals surface area contributed by atoms with Gasteiger partial charge in [0, 0.05) is 12.8 Å². The normalized spacial score (nSPS) is 12.8. The number of nitrogens with one attached hydrogen (secondary N) is 1. The maximum atomic E-state index is 12.5. The third kappa shape index (κ3) is 55.2. The van der Waals surface area contributed by atoms with Crippen LogP contribution in [0.1, 0.15) is 328 Å². The Morgan fingerprint density at radius 2 is 0.725 bits per heavy atom. The number of carbonyl (C=O) groups is 2. The number of aliphatic hydroxyl groups excluding tert-OH is 2. The molecule has 0 aliphatic carbocycles. The zero-order chi connectivity index (χ0) is 50.0. The van der Waals surface area contributed by atoms with Crippen LogP contribution in [0.3, 0.4) is 0 Å². The maximum Gasteiger partial charge on any atom is 0.305 e. The Labute approximate surface area is 430 Å². The molecule has 6 heteroatoms. The van der Waals surface area contributed by atoms with Gasteiger partial charge in [0.25, 0.3) is 0 Å². The standard InChI is InChI=1S/C63H119NO5/c1-3-5-7-9-11-13-15-17-18-19-23-26-29-32-35-39-43-47-51-55-61(66)60(59-65)64-62(67)56-52-48-44-40-36-33-30-27-24-21-20-22-25-28-31-34-38-42-46-50-54-58-69-63(68)57-53-49-45-41-37-16-14-12-10-8-6-4-2/h12,14,34,38,46,50,60-61,65-66H,3-11,13,15-33,35-37,39-45,47-49,51-59H2,1-2H3,(H,64,67)/b14-12-,38-34-,50-46-. The summed E-state index contributed by atoms with van der Waals surface area (Å²) in [4.78, 5) is 24.5. The second-order valence-corrected chi connectivity index (χ2v) is 21.0. The highest BCUT2D eigenvalue weighted by molar-refractivity contribution is 5.76. The van der Waals surface area contributed by atoms with E-state index in [4.69, 9.17) is 4.74 Å². The smallest absolute Gasteiger partial charge is 0.305 e. The predicted octanol–water partition coefficient (Wildman–Crippen LogP) is 19.2. The van der Waals surface area contributed by atoms with Gasteiger partial charge >= 0.3 is 5.97 Å². The number of rotatable bonds is 57. The lowest BCUT2D eigenvalue weighted by atomic mass is 10.0. The van der Waals surface area contributed by atoms with Gasteiger partial charge in [-0.15, -0.1) is 0 Å². The molecule has 0 heterocycles. The number of hydrogen-bond acceptors (Lipinski definition) is 5. The van der Waals surface area contributed by atoms with Crippen LogP contribution in [-0.4, -0.2) is 47.4 Å². The number of unbranched alkanes of at least 4 members (excludes halogenated alkanes) is 40. The monoisotopic (exact) mass is 970 g/mol. The molecule has 0 spiro atoms. The van der Waals surface area contributed by atoms with Gasteiger partial charge in [-0.25, -0.2) is 0 Å². The van der Waals surface area contributed by atoms with Gasteiger partial charge in [-0.3, -0.25) is 9.59 Å². The average Bonchev–Trinajstić information content (AvgIpc) is 3.35. The number of aliphatic hydroxyl groups is 2. The molecule has 0 aromatic heterocycles. The van der Waals surface area contributed by atoms with Crippen LogP contribution in [0.25, 0.3) is 0 Å². The summed E-state index contributed by atoms with van der Waals surface area (Å²) < 4.78 is 5.40. The summed E-state index contributed by atoms with van der Waals surface area (Å²) in [5.41, 5.74) is 0. The van der Waals surface area contributed by atoms with E-state index in [-0.39, 0.29) is 18.5 Å². The van der Waals surface area contributed by atoms with E-state index in [9.17, 15) is 19.8 Å². The number of allylic oxidation sites excluding steroid dienone is 5. The highest BCUT2D eigenvalue weighted by atomic mass is 16.5. The lowest BCUT2D eigenvalue weighted by molar-refractivity contribution is -0.143. The number of ether oxygens (including phenoxy) is 1. The van der Waals surface area contributed by atoms with Crippen molar-refractivity contribution in [2.24, 2.45) is 0 Å². The van der Waals surface area contributed by atoms with Crippen molar-refractivity contribution in [1.82, 2.24) is 5.32 Å². The topological polar surface area (TPSA) is 95.9 Å². The third-order valence-electron chi connectivity index (χ3n) is 14.2. The van der Waals surface area contributed by atoms with Crippen molar-refractivity contribution in [2.45, 2.75) is 341 Å². The van der Waals surface area contributed by atoms with Gasteiger partial charge in [-0.2, -0.15) is 0 Å². The van der Waals surface area contributed by atoms with Crippen molar-refractivity contribution in [2.75, 3.05) is 13.2 Å². The van der Waals surface area contributed by atoms with Crippen molar-refractivity contribution in [1.29, 1.82) is 0 Å². The zero-order valence-electron chi connectivity index (χ0n) is 46.3. The number of esters is 1. The van der Waals surface area contributed by atoms with Crippen LogP contribution >= 0.6 is 0 Å². The van der Waals surface area contributed by atoms with Crippen molar-refractivity contribution in [3.05, 3.63) is 36.5 Å². The maximum absolute atomic E-state index is 12.5. The molecule has 0 radical (unpaired) electrons. The molecule has 0 saturated heterocycles. The van der Waals surface area contributed by atoms with E-state index in [0.717, 1.165) is 51.4 Å². The Morgan fingerprint density at radius 1 is 0.406 bits per heavy atom. The molecule has 2 unspecified atom stereocenters. The molecule has 0 aliphatic heterocycles. The predicted molar refractivity (Wildman–Crippen MR) is 301 cm³/mol. The highest BCUT2D eigenvalue weighted by Gasteiger charge is 2.20. The molecule has 69 heavy (non-hydrogen) atoms.